The van der Waals surface area contributed by atoms with Crippen LogP contribution in [-0.2, 0) is 5.41 Å². The van der Waals surface area contributed by atoms with E-state index in [0.717, 1.165) is 0 Å². The van der Waals surface area contributed by atoms with Crippen LogP contribution in [-0.4, -0.2) is 11.7 Å². The smallest absolute Gasteiger partial charge is 0.0402 e. The van der Waals surface area contributed by atoms with Crippen molar-refractivity contribution in [1.29, 1.82) is 0 Å². The van der Waals surface area contributed by atoms with E-state index in [2.05, 4.69) is 51.1 Å². The summed E-state index contributed by atoms with van der Waals surface area (Å²) in [5.41, 5.74) is 1.69. The van der Waals surface area contributed by atoms with Gasteiger partial charge in [0.2, 0.25) is 0 Å². The summed E-state index contributed by atoms with van der Waals surface area (Å²) in [4.78, 5) is 0. The Kier molecular flexibility index (Phi) is 5.40. The van der Waals surface area contributed by atoms with Crippen molar-refractivity contribution in [2.45, 2.75) is 33.1 Å². The minimum atomic E-state index is 0.250. The van der Waals surface area contributed by atoms with Gasteiger partial charge in [-0.15, -0.1) is 0 Å². The third kappa shape index (κ3) is 5.42. The molecule has 0 unspecified atom stereocenters. The molecule has 0 fully saturated rings. The Morgan fingerprint density at radius 2 is 1.46 bits per heavy atom. The van der Waals surface area contributed by atoms with Gasteiger partial charge >= 0.3 is 0 Å². The summed E-state index contributed by atoms with van der Waals surface area (Å²) in [5, 5.41) is 7.57. The van der Waals surface area contributed by atoms with Gasteiger partial charge in [0.1, 0.15) is 0 Å². The van der Waals surface area contributed by atoms with Crippen molar-refractivity contribution in [3.05, 3.63) is 35.9 Å². The van der Waals surface area contributed by atoms with Crippen LogP contribution in [0.2, 0.25) is 0 Å². The first-order chi connectivity index (χ1) is 6.02. The van der Waals surface area contributed by atoms with Crippen LogP contribution in [0.15, 0.2) is 30.3 Å². The average Bonchev–Trinajstić information content (AvgIpc) is 2.06. The Hall–Kier alpha value is -0.820. The van der Waals surface area contributed by atoms with Gasteiger partial charge in [-0.1, -0.05) is 51.1 Å². The molecule has 1 rings (SSSR count). The Morgan fingerprint density at radius 1 is 1.08 bits per heavy atom. The summed E-state index contributed by atoms with van der Waals surface area (Å²) in [5.74, 6) is 0. The van der Waals surface area contributed by atoms with Crippen LogP contribution in [0.4, 0.5) is 0 Å². The van der Waals surface area contributed by atoms with E-state index in [9.17, 15) is 0 Å². The Labute approximate surface area is 81.4 Å². The van der Waals surface area contributed by atoms with Crippen LogP contribution in [0.5, 0.6) is 0 Å². The molecule has 0 aliphatic carbocycles. The van der Waals surface area contributed by atoms with Crippen molar-refractivity contribution in [2.75, 3.05) is 6.61 Å². The predicted octanol–water partition coefficient (Wildman–Crippen LogP) is 2.98. The van der Waals surface area contributed by atoms with Crippen LogP contribution in [0, 0.1) is 0 Å². The second-order valence-corrected chi connectivity index (χ2v) is 3.93. The summed E-state index contributed by atoms with van der Waals surface area (Å²) in [6.45, 7) is 8.60. The number of aliphatic hydroxyl groups is 1. The van der Waals surface area contributed by atoms with Crippen LogP contribution in [0.25, 0.3) is 0 Å². The fraction of sp³-hybridized carbons (Fsp3) is 0.500. The van der Waals surface area contributed by atoms with Gasteiger partial charge in [-0.25, -0.2) is 0 Å². The van der Waals surface area contributed by atoms with Crippen molar-refractivity contribution >= 4 is 0 Å². The molecule has 0 radical (unpaired) electrons. The molecule has 0 saturated carbocycles. The van der Waals surface area contributed by atoms with Crippen molar-refractivity contribution < 1.29 is 5.11 Å². The molecular weight excluding hydrogens is 160 g/mol. The molecule has 0 heterocycles. The molecule has 0 aliphatic rings. The highest BCUT2D eigenvalue weighted by Crippen LogP contribution is 2.20. The number of benzene rings is 1. The van der Waals surface area contributed by atoms with Crippen molar-refractivity contribution in [1.82, 2.24) is 0 Å². The summed E-state index contributed by atoms with van der Waals surface area (Å²) in [7, 11) is 0. The molecule has 13 heavy (non-hydrogen) atoms. The molecule has 0 atom stereocenters. The van der Waals surface area contributed by atoms with E-state index in [1.54, 1.807) is 6.92 Å². The topological polar surface area (TPSA) is 20.2 Å². The highest BCUT2D eigenvalue weighted by molar-refractivity contribution is 5.21. The number of hydrogen-bond acceptors (Lipinski definition) is 1. The fourth-order valence-corrected chi connectivity index (χ4v) is 0.938. The Morgan fingerprint density at radius 3 is 1.69 bits per heavy atom. The first-order valence-electron chi connectivity index (χ1n) is 4.68. The number of rotatable bonds is 0. The van der Waals surface area contributed by atoms with E-state index < -0.39 is 0 Å². The van der Waals surface area contributed by atoms with Gasteiger partial charge in [0.15, 0.2) is 0 Å². The molecule has 1 aromatic carbocycles. The minimum Gasteiger partial charge on any atom is -0.397 e. The maximum absolute atomic E-state index is 7.57. The summed E-state index contributed by atoms with van der Waals surface area (Å²) in [6.07, 6.45) is 0. The largest absolute Gasteiger partial charge is 0.397 e. The SMILES string of the molecule is CC(C)(C)c1ccccc1.CCO. The zero-order chi connectivity index (χ0) is 10.3. The highest BCUT2D eigenvalue weighted by Gasteiger charge is 2.11. The standard InChI is InChI=1S/C10H14.C2H6O/c1-10(2,3)9-7-5-4-6-8-9;1-2-3/h4-8H,1-3H3;3H,2H2,1H3. The minimum absolute atomic E-state index is 0.250. The average molecular weight is 180 g/mol. The lowest BCUT2D eigenvalue weighted by molar-refractivity contribution is 0.318. The summed E-state index contributed by atoms with van der Waals surface area (Å²) >= 11 is 0. The van der Waals surface area contributed by atoms with Gasteiger partial charge in [0.05, 0.1) is 0 Å². The van der Waals surface area contributed by atoms with Crippen molar-refractivity contribution in [3.63, 3.8) is 0 Å². The summed E-state index contributed by atoms with van der Waals surface area (Å²) < 4.78 is 0. The molecule has 0 aliphatic heterocycles. The van der Waals surface area contributed by atoms with Gasteiger partial charge in [-0.05, 0) is 17.9 Å². The van der Waals surface area contributed by atoms with Gasteiger partial charge in [0.25, 0.3) is 0 Å². The van der Waals surface area contributed by atoms with E-state index in [0.29, 0.717) is 5.41 Å². The van der Waals surface area contributed by atoms with Crippen LogP contribution in [0.1, 0.15) is 33.3 Å². The monoisotopic (exact) mass is 180 g/mol. The fourth-order valence-electron chi connectivity index (χ4n) is 0.938. The molecule has 74 valence electrons. The van der Waals surface area contributed by atoms with Gasteiger partial charge in [0, 0.05) is 6.61 Å². The highest BCUT2D eigenvalue weighted by atomic mass is 16.2. The van der Waals surface area contributed by atoms with E-state index in [-0.39, 0.29) is 6.61 Å². The predicted molar refractivity (Wildman–Crippen MR) is 57.9 cm³/mol. The second-order valence-electron chi connectivity index (χ2n) is 3.93. The van der Waals surface area contributed by atoms with E-state index >= 15 is 0 Å². The van der Waals surface area contributed by atoms with Crippen LogP contribution in [0.3, 0.4) is 0 Å². The van der Waals surface area contributed by atoms with Crippen molar-refractivity contribution in [2.24, 2.45) is 0 Å². The molecule has 0 bridgehead atoms. The molecule has 0 amide bonds. The van der Waals surface area contributed by atoms with Crippen LogP contribution >= 0.6 is 0 Å². The molecule has 0 saturated heterocycles. The molecule has 1 aromatic rings. The van der Waals surface area contributed by atoms with Gasteiger partial charge in [-0.2, -0.15) is 0 Å². The quantitative estimate of drug-likeness (QED) is 0.650. The lowest BCUT2D eigenvalue weighted by Gasteiger charge is -2.18. The van der Waals surface area contributed by atoms with Gasteiger partial charge < -0.3 is 5.11 Å². The molecule has 0 spiro atoms. The molecule has 1 N–H and O–H groups in total. The Balaban J connectivity index is 0.000000424. The number of aliphatic hydroxyl groups excluding tert-OH is 1. The lowest BCUT2D eigenvalue weighted by Crippen LogP contribution is -2.10. The third-order valence-electron chi connectivity index (χ3n) is 1.64. The maximum Gasteiger partial charge on any atom is 0.0402 e. The van der Waals surface area contributed by atoms with Gasteiger partial charge in [-0.3, -0.25) is 0 Å². The lowest BCUT2D eigenvalue weighted by atomic mass is 9.87. The summed E-state index contributed by atoms with van der Waals surface area (Å²) in [6, 6.07) is 10.6. The second kappa shape index (κ2) is 5.76. The molecule has 0 aromatic heterocycles. The zero-order valence-electron chi connectivity index (χ0n) is 9.04. The zero-order valence-corrected chi connectivity index (χ0v) is 9.04. The molecule has 1 heteroatoms. The first kappa shape index (κ1) is 12.2. The van der Waals surface area contributed by atoms with E-state index in [1.165, 1.54) is 5.56 Å². The normalized spacial score (nSPS) is 10.2. The molecule has 1 nitrogen and oxygen atoms in total. The first-order valence-corrected chi connectivity index (χ1v) is 4.68. The van der Waals surface area contributed by atoms with E-state index in [4.69, 9.17) is 5.11 Å². The third-order valence-corrected chi connectivity index (χ3v) is 1.64. The number of hydrogen-bond donors (Lipinski definition) is 1. The van der Waals surface area contributed by atoms with E-state index in [1.807, 2.05) is 0 Å². The van der Waals surface area contributed by atoms with Crippen molar-refractivity contribution in [3.8, 4) is 0 Å². The maximum atomic E-state index is 7.57. The molecular formula is C12H20O. The Bertz CT molecular complexity index is 208. The van der Waals surface area contributed by atoms with Crippen LogP contribution < -0.4 is 0 Å².